The molecule has 1 aliphatic rings. The number of fused-ring (bicyclic) bond motifs is 1. The predicted octanol–water partition coefficient (Wildman–Crippen LogP) is 4.61. The van der Waals surface area contributed by atoms with E-state index in [0.29, 0.717) is 30.8 Å². The highest BCUT2D eigenvalue weighted by atomic mass is 19.4. The molecule has 2 aromatic heterocycles. The molecule has 0 bridgehead atoms. The molecule has 10 heteroatoms. The zero-order valence-electron chi connectivity index (χ0n) is 19.9. The maximum absolute atomic E-state index is 13.3. The van der Waals surface area contributed by atoms with Gasteiger partial charge in [-0.05, 0) is 49.6 Å². The number of rotatable bonds is 5. The summed E-state index contributed by atoms with van der Waals surface area (Å²) in [6, 6.07) is 9.07. The summed E-state index contributed by atoms with van der Waals surface area (Å²) in [7, 11) is 0. The molecule has 0 spiro atoms. The molecule has 3 aromatic rings. The number of amides is 2. The number of nitrogens with one attached hydrogen (secondary N) is 1. The minimum atomic E-state index is -4.76. The molecule has 0 atom stereocenters. The molecular weight excluding hydrogens is 461 g/mol. The summed E-state index contributed by atoms with van der Waals surface area (Å²) in [6.45, 7) is 8.89. The van der Waals surface area contributed by atoms with Crippen LogP contribution in [0.25, 0.3) is 22.2 Å². The van der Waals surface area contributed by atoms with E-state index in [1.165, 1.54) is 17.0 Å². The minimum absolute atomic E-state index is 0.221. The van der Waals surface area contributed by atoms with Gasteiger partial charge in [-0.25, -0.2) is 4.98 Å². The summed E-state index contributed by atoms with van der Waals surface area (Å²) in [5.74, 6) is -0.570. The normalized spacial score (nSPS) is 16.0. The molecule has 0 radical (unpaired) electrons. The number of hydrogen-bond acceptors (Lipinski definition) is 4. The van der Waals surface area contributed by atoms with Crippen LogP contribution in [0.1, 0.15) is 38.2 Å². The van der Waals surface area contributed by atoms with E-state index in [2.05, 4.69) is 28.9 Å². The second-order valence-corrected chi connectivity index (χ2v) is 9.50. The van der Waals surface area contributed by atoms with Gasteiger partial charge in [0.1, 0.15) is 22.6 Å². The molecular formula is C25H27F3N4O3. The van der Waals surface area contributed by atoms with Crippen LogP contribution in [0.15, 0.2) is 42.6 Å². The van der Waals surface area contributed by atoms with Gasteiger partial charge in [0.2, 0.25) is 5.91 Å². The molecule has 7 nitrogen and oxygen atoms in total. The monoisotopic (exact) mass is 488 g/mol. The second kappa shape index (κ2) is 8.90. The summed E-state index contributed by atoms with van der Waals surface area (Å²) < 4.78 is 43.5. The van der Waals surface area contributed by atoms with Gasteiger partial charge in [-0.15, -0.1) is 13.2 Å². The average Bonchev–Trinajstić information content (AvgIpc) is 3.11. The van der Waals surface area contributed by atoms with Gasteiger partial charge in [-0.3, -0.25) is 9.59 Å². The Kier molecular flexibility index (Phi) is 6.25. The number of nitrogens with zero attached hydrogens (tertiary/aromatic N) is 3. The van der Waals surface area contributed by atoms with Crippen molar-refractivity contribution in [2.75, 3.05) is 13.1 Å². The number of pyridine rings is 1. The van der Waals surface area contributed by atoms with Crippen LogP contribution in [-0.2, 0) is 11.3 Å². The number of carbonyl (C=O) groups excluding carboxylic acids is 2. The third kappa shape index (κ3) is 4.96. The number of alkyl halides is 3. The Balaban J connectivity index is 1.74. The maximum Gasteiger partial charge on any atom is 0.573 e. The van der Waals surface area contributed by atoms with E-state index in [1.807, 2.05) is 10.8 Å². The van der Waals surface area contributed by atoms with Crippen LogP contribution in [0.3, 0.4) is 0 Å². The Bertz CT molecular complexity index is 1260. The lowest BCUT2D eigenvalue weighted by Gasteiger charge is -2.40. The van der Waals surface area contributed by atoms with Crippen molar-refractivity contribution in [3.05, 3.63) is 48.3 Å². The standard InChI is InChI=1S/C25H27F3N4O3/c1-15(2)13-31-14-19(16-5-7-17(8-6-16)35-25(26,27)28)18-9-10-20(30-21(18)31)22(33)32-12-11-29-23(34)24(32,3)4/h5-10,14-15H,11-13H2,1-4H3,(H,29,34). The van der Waals surface area contributed by atoms with E-state index in [-0.39, 0.29) is 29.2 Å². The van der Waals surface area contributed by atoms with Crippen molar-refractivity contribution in [2.45, 2.75) is 46.1 Å². The molecule has 3 heterocycles. The summed E-state index contributed by atoms with van der Waals surface area (Å²) in [5, 5.41) is 3.54. The van der Waals surface area contributed by atoms with Gasteiger partial charge in [0.05, 0.1) is 0 Å². The largest absolute Gasteiger partial charge is 0.573 e. The van der Waals surface area contributed by atoms with Crippen molar-refractivity contribution in [1.29, 1.82) is 0 Å². The van der Waals surface area contributed by atoms with Crippen molar-refractivity contribution < 1.29 is 27.5 Å². The molecule has 0 unspecified atom stereocenters. The number of piperazine rings is 1. The first-order valence-corrected chi connectivity index (χ1v) is 11.3. The van der Waals surface area contributed by atoms with Crippen LogP contribution in [-0.4, -0.2) is 51.3 Å². The highest BCUT2D eigenvalue weighted by Gasteiger charge is 2.41. The van der Waals surface area contributed by atoms with Crippen LogP contribution < -0.4 is 10.1 Å². The highest BCUT2D eigenvalue weighted by molar-refractivity contribution is 6.01. The lowest BCUT2D eigenvalue weighted by molar-refractivity contribution is -0.274. The van der Waals surface area contributed by atoms with Gasteiger partial charge >= 0.3 is 6.36 Å². The SMILES string of the molecule is CC(C)Cn1cc(-c2ccc(OC(F)(F)F)cc2)c2ccc(C(=O)N3CCNC(=O)C3(C)C)nc21. The molecule has 0 saturated carbocycles. The molecule has 186 valence electrons. The summed E-state index contributed by atoms with van der Waals surface area (Å²) >= 11 is 0. The van der Waals surface area contributed by atoms with E-state index < -0.39 is 11.9 Å². The summed E-state index contributed by atoms with van der Waals surface area (Å²) in [6.07, 6.45) is -2.87. The Hall–Kier alpha value is -3.56. The summed E-state index contributed by atoms with van der Waals surface area (Å²) in [5.41, 5.74) is 1.29. The lowest BCUT2D eigenvalue weighted by Crippen LogP contribution is -2.63. The maximum atomic E-state index is 13.3. The van der Waals surface area contributed by atoms with Crippen molar-refractivity contribution >= 4 is 22.8 Å². The van der Waals surface area contributed by atoms with Crippen molar-refractivity contribution in [3.8, 4) is 16.9 Å². The molecule has 2 amide bonds. The fraction of sp³-hybridized carbons (Fsp3) is 0.400. The number of aromatic nitrogens is 2. The third-order valence-electron chi connectivity index (χ3n) is 6.00. The van der Waals surface area contributed by atoms with Crippen molar-refractivity contribution in [2.24, 2.45) is 5.92 Å². The van der Waals surface area contributed by atoms with Gasteiger partial charge in [-0.1, -0.05) is 26.0 Å². The number of ether oxygens (including phenoxy) is 1. The quantitative estimate of drug-likeness (QED) is 0.569. The molecule has 1 N–H and O–H groups in total. The molecule has 4 rings (SSSR count). The predicted molar refractivity (Wildman–Crippen MR) is 125 cm³/mol. The zero-order valence-corrected chi connectivity index (χ0v) is 19.9. The van der Waals surface area contributed by atoms with E-state index in [4.69, 9.17) is 0 Å². The van der Waals surface area contributed by atoms with Crippen LogP contribution in [0.2, 0.25) is 0 Å². The average molecular weight is 489 g/mol. The molecule has 1 aliphatic heterocycles. The fourth-order valence-corrected chi connectivity index (χ4v) is 4.28. The lowest BCUT2D eigenvalue weighted by atomic mass is 9.98. The van der Waals surface area contributed by atoms with Crippen molar-refractivity contribution in [1.82, 2.24) is 19.8 Å². The smallest absolute Gasteiger partial charge is 0.406 e. The molecule has 1 saturated heterocycles. The van der Waals surface area contributed by atoms with Gasteiger partial charge in [0, 0.05) is 36.8 Å². The molecule has 1 fully saturated rings. The topological polar surface area (TPSA) is 76.5 Å². The number of hydrogen-bond donors (Lipinski definition) is 1. The second-order valence-electron chi connectivity index (χ2n) is 9.50. The first-order valence-electron chi connectivity index (χ1n) is 11.3. The van der Waals surface area contributed by atoms with Crippen LogP contribution >= 0.6 is 0 Å². The first-order chi connectivity index (χ1) is 16.4. The molecule has 1 aromatic carbocycles. The Morgan fingerprint density at radius 2 is 1.86 bits per heavy atom. The summed E-state index contributed by atoms with van der Waals surface area (Å²) in [4.78, 5) is 31.8. The van der Waals surface area contributed by atoms with E-state index in [9.17, 15) is 22.8 Å². The number of carbonyl (C=O) groups is 2. The molecule has 35 heavy (non-hydrogen) atoms. The Labute approximate surface area is 200 Å². The van der Waals surface area contributed by atoms with Crippen LogP contribution in [0, 0.1) is 5.92 Å². The minimum Gasteiger partial charge on any atom is -0.406 e. The zero-order chi connectivity index (χ0) is 25.5. The van der Waals surface area contributed by atoms with E-state index in [1.54, 1.807) is 38.1 Å². The van der Waals surface area contributed by atoms with Gasteiger partial charge in [-0.2, -0.15) is 0 Å². The third-order valence-corrected chi connectivity index (χ3v) is 6.00. The van der Waals surface area contributed by atoms with Crippen LogP contribution in [0.5, 0.6) is 5.75 Å². The van der Waals surface area contributed by atoms with Gasteiger partial charge in [0.15, 0.2) is 0 Å². The first kappa shape index (κ1) is 24.6. The van der Waals surface area contributed by atoms with Gasteiger partial charge in [0.25, 0.3) is 5.91 Å². The number of benzene rings is 1. The fourth-order valence-electron chi connectivity index (χ4n) is 4.28. The van der Waals surface area contributed by atoms with Crippen LogP contribution in [0.4, 0.5) is 13.2 Å². The number of halogens is 3. The van der Waals surface area contributed by atoms with Gasteiger partial charge < -0.3 is 19.5 Å². The Morgan fingerprint density at radius 1 is 1.17 bits per heavy atom. The Morgan fingerprint density at radius 3 is 2.49 bits per heavy atom. The van der Waals surface area contributed by atoms with E-state index >= 15 is 0 Å². The molecule has 0 aliphatic carbocycles. The highest BCUT2D eigenvalue weighted by Crippen LogP contribution is 2.33. The van der Waals surface area contributed by atoms with Crippen molar-refractivity contribution in [3.63, 3.8) is 0 Å². The van der Waals surface area contributed by atoms with E-state index in [0.717, 1.165) is 10.9 Å².